The van der Waals surface area contributed by atoms with E-state index in [0.29, 0.717) is 11.1 Å². The Morgan fingerprint density at radius 2 is 1.50 bits per heavy atom. The number of anilines is 1. The second-order valence-corrected chi connectivity index (χ2v) is 6.71. The molecular weight excluding hydrogens is 382 g/mol. The normalized spacial score (nSPS) is 18.3. The maximum atomic E-state index is 14.0. The minimum absolute atomic E-state index is 0.0352. The Labute approximate surface area is 156 Å². The van der Waals surface area contributed by atoms with Crippen LogP contribution in [0.25, 0.3) is 0 Å². The minimum Gasteiger partial charge on any atom is -0.295 e. The molecule has 0 atom stereocenters. The molecular formula is C20H14F6N2. The molecule has 4 rings (SSSR count). The molecule has 0 saturated heterocycles. The van der Waals surface area contributed by atoms with E-state index in [1.165, 1.54) is 12.1 Å². The number of hydrogen-bond donors (Lipinski definition) is 0. The first-order valence-electron chi connectivity index (χ1n) is 8.46. The number of hydrogen-bond acceptors (Lipinski definition) is 2. The van der Waals surface area contributed by atoms with E-state index in [-0.39, 0.29) is 23.5 Å². The highest BCUT2D eigenvalue weighted by molar-refractivity contribution is 6.16. The molecule has 146 valence electrons. The first kappa shape index (κ1) is 18.6. The zero-order valence-electron chi connectivity index (χ0n) is 14.6. The number of nitrogens with zero attached hydrogens (tertiary/aromatic N) is 2. The van der Waals surface area contributed by atoms with Gasteiger partial charge in [-0.25, -0.2) is 4.99 Å². The molecule has 2 aromatic rings. The number of para-hydroxylation sites is 1. The van der Waals surface area contributed by atoms with Crippen molar-refractivity contribution in [3.05, 3.63) is 77.0 Å². The van der Waals surface area contributed by atoms with E-state index in [1.54, 1.807) is 43.3 Å². The summed E-state index contributed by atoms with van der Waals surface area (Å²) in [4.78, 5) is 4.36. The van der Waals surface area contributed by atoms with Crippen LogP contribution in [-0.2, 0) is 6.42 Å². The molecule has 2 heterocycles. The summed E-state index contributed by atoms with van der Waals surface area (Å²) in [6.45, 7) is 1.62. The van der Waals surface area contributed by atoms with Crippen LogP contribution in [0.15, 0.2) is 65.3 Å². The number of aryl methyl sites for hydroxylation is 1. The van der Waals surface area contributed by atoms with E-state index in [9.17, 15) is 26.3 Å². The zero-order valence-corrected chi connectivity index (χ0v) is 14.6. The molecule has 0 radical (unpaired) electrons. The van der Waals surface area contributed by atoms with E-state index in [1.807, 2.05) is 0 Å². The Morgan fingerprint density at radius 1 is 0.893 bits per heavy atom. The summed E-state index contributed by atoms with van der Waals surface area (Å²) in [5.74, 6) is -0.355. The van der Waals surface area contributed by atoms with Crippen LogP contribution in [-0.4, -0.2) is 23.7 Å². The van der Waals surface area contributed by atoms with Crippen molar-refractivity contribution >= 4 is 11.5 Å². The van der Waals surface area contributed by atoms with Gasteiger partial charge in [0.25, 0.3) is 5.54 Å². The number of alkyl halides is 6. The molecule has 2 nitrogen and oxygen atoms in total. The van der Waals surface area contributed by atoms with Crippen LogP contribution < -0.4 is 4.90 Å². The van der Waals surface area contributed by atoms with Gasteiger partial charge in [-0.2, -0.15) is 26.3 Å². The van der Waals surface area contributed by atoms with E-state index >= 15 is 0 Å². The quantitative estimate of drug-likeness (QED) is 0.576. The molecule has 0 amide bonds. The molecule has 28 heavy (non-hydrogen) atoms. The van der Waals surface area contributed by atoms with E-state index in [2.05, 4.69) is 4.99 Å². The van der Waals surface area contributed by atoms with Crippen molar-refractivity contribution in [2.45, 2.75) is 31.2 Å². The van der Waals surface area contributed by atoms with Gasteiger partial charge >= 0.3 is 12.4 Å². The van der Waals surface area contributed by atoms with E-state index < -0.39 is 23.6 Å². The topological polar surface area (TPSA) is 15.6 Å². The summed E-state index contributed by atoms with van der Waals surface area (Å²) < 4.78 is 83.7. The maximum absolute atomic E-state index is 14.0. The molecule has 0 aliphatic carbocycles. The molecule has 8 heteroatoms. The fraction of sp³-hybridized carbons (Fsp3) is 0.250. The van der Waals surface area contributed by atoms with Crippen molar-refractivity contribution in [1.29, 1.82) is 0 Å². The van der Waals surface area contributed by atoms with Crippen LogP contribution in [0.4, 0.5) is 32.0 Å². The van der Waals surface area contributed by atoms with E-state index in [4.69, 9.17) is 0 Å². The number of aliphatic imine (C=N–C) groups is 1. The molecule has 2 aromatic carbocycles. The molecule has 2 aliphatic heterocycles. The third kappa shape index (κ3) is 2.40. The van der Waals surface area contributed by atoms with Crippen molar-refractivity contribution in [3.63, 3.8) is 0 Å². The SMILES string of the molecule is Cc1ccccc1C1=NC(C(F)(F)F)(C(F)(F)F)C2=CCc3ccccc3N21. The third-order valence-electron chi connectivity index (χ3n) is 5.05. The first-order chi connectivity index (χ1) is 13.1. The van der Waals surface area contributed by atoms with Gasteiger partial charge in [0.05, 0.1) is 11.4 Å². The number of benzene rings is 2. The molecule has 2 aliphatic rings. The summed E-state index contributed by atoms with van der Waals surface area (Å²) >= 11 is 0. The summed E-state index contributed by atoms with van der Waals surface area (Å²) in [5.41, 5.74) is -3.55. The fourth-order valence-corrected chi connectivity index (χ4v) is 3.72. The summed E-state index contributed by atoms with van der Waals surface area (Å²) in [6, 6.07) is 12.8. The number of rotatable bonds is 1. The van der Waals surface area contributed by atoms with Crippen molar-refractivity contribution in [3.8, 4) is 0 Å². The van der Waals surface area contributed by atoms with Crippen LogP contribution in [0.2, 0.25) is 0 Å². The summed E-state index contributed by atoms with van der Waals surface area (Å²) in [7, 11) is 0. The molecule has 0 bridgehead atoms. The van der Waals surface area contributed by atoms with Gasteiger partial charge in [-0.1, -0.05) is 48.5 Å². The van der Waals surface area contributed by atoms with Gasteiger partial charge in [0.1, 0.15) is 5.84 Å². The lowest BCUT2D eigenvalue weighted by molar-refractivity contribution is -0.280. The van der Waals surface area contributed by atoms with Gasteiger partial charge in [-0.05, 0) is 30.5 Å². The third-order valence-corrected chi connectivity index (χ3v) is 5.05. The average molecular weight is 396 g/mol. The maximum Gasteiger partial charge on any atom is 0.428 e. The van der Waals surface area contributed by atoms with Crippen LogP contribution in [0.3, 0.4) is 0 Å². The monoisotopic (exact) mass is 396 g/mol. The van der Waals surface area contributed by atoms with Gasteiger partial charge in [0, 0.05) is 5.56 Å². The highest BCUT2D eigenvalue weighted by Crippen LogP contribution is 2.56. The van der Waals surface area contributed by atoms with Crippen molar-refractivity contribution in [1.82, 2.24) is 0 Å². The molecule has 0 spiro atoms. The van der Waals surface area contributed by atoms with Gasteiger partial charge in [-0.15, -0.1) is 0 Å². The van der Waals surface area contributed by atoms with Crippen LogP contribution in [0, 0.1) is 6.92 Å². The van der Waals surface area contributed by atoms with Crippen molar-refractivity contribution < 1.29 is 26.3 Å². The van der Waals surface area contributed by atoms with E-state index in [0.717, 1.165) is 11.0 Å². The Kier molecular flexibility index (Phi) is 3.89. The predicted molar refractivity (Wildman–Crippen MR) is 93.3 cm³/mol. The fourth-order valence-electron chi connectivity index (χ4n) is 3.72. The summed E-state index contributed by atoms with van der Waals surface area (Å²) in [6.07, 6.45) is -10.3. The number of fused-ring (bicyclic) bond motifs is 3. The van der Waals surface area contributed by atoms with Crippen molar-refractivity contribution in [2.24, 2.45) is 4.99 Å². The van der Waals surface area contributed by atoms with Gasteiger partial charge in [0.2, 0.25) is 0 Å². The molecule has 0 unspecified atom stereocenters. The average Bonchev–Trinajstić information content (AvgIpc) is 2.99. The van der Waals surface area contributed by atoms with Crippen molar-refractivity contribution in [2.75, 3.05) is 4.90 Å². The Hall–Kier alpha value is -2.77. The Bertz CT molecular complexity index is 986. The Morgan fingerprint density at radius 3 is 2.14 bits per heavy atom. The highest BCUT2D eigenvalue weighted by atomic mass is 19.4. The molecule has 0 N–H and O–H groups in total. The molecule has 0 saturated carbocycles. The lowest BCUT2D eigenvalue weighted by Crippen LogP contribution is -2.57. The van der Waals surface area contributed by atoms with Gasteiger partial charge in [-0.3, -0.25) is 4.90 Å². The largest absolute Gasteiger partial charge is 0.428 e. The zero-order chi connectivity index (χ0) is 20.3. The molecule has 0 fully saturated rings. The Balaban J connectivity index is 2.07. The lowest BCUT2D eigenvalue weighted by atomic mass is 9.90. The smallest absolute Gasteiger partial charge is 0.295 e. The number of halogens is 6. The van der Waals surface area contributed by atoms with Gasteiger partial charge < -0.3 is 0 Å². The predicted octanol–water partition coefficient (Wildman–Crippen LogP) is 5.57. The second kappa shape index (κ2) is 5.86. The highest BCUT2D eigenvalue weighted by Gasteiger charge is 2.77. The summed E-state index contributed by atoms with van der Waals surface area (Å²) in [5, 5.41) is 0. The number of amidine groups is 1. The van der Waals surface area contributed by atoms with Crippen LogP contribution in [0.5, 0.6) is 0 Å². The van der Waals surface area contributed by atoms with Gasteiger partial charge in [0.15, 0.2) is 0 Å². The minimum atomic E-state index is -5.65. The lowest BCUT2D eigenvalue weighted by Gasteiger charge is -2.36. The van der Waals surface area contributed by atoms with Crippen LogP contribution in [0.1, 0.15) is 16.7 Å². The van der Waals surface area contributed by atoms with Crippen LogP contribution >= 0.6 is 0 Å². The standard InChI is InChI=1S/C20H14F6N2/c1-12-6-2-4-8-14(12)17-27-18(19(21,22)23,20(24,25)26)16-11-10-13-7-3-5-9-15(13)28(16)17/h2-9,11H,10H2,1H3. The number of allylic oxidation sites excluding steroid dienone is 1. The second-order valence-electron chi connectivity index (χ2n) is 6.71. The molecule has 0 aromatic heterocycles. The first-order valence-corrected chi connectivity index (χ1v) is 8.46.